The van der Waals surface area contributed by atoms with Crippen LogP contribution in [0.25, 0.3) is 0 Å². The van der Waals surface area contributed by atoms with E-state index in [0.29, 0.717) is 5.92 Å². The lowest BCUT2D eigenvalue weighted by atomic mass is 9.83. The molecule has 0 radical (unpaired) electrons. The number of aliphatic imine (C=N–C) groups is 1. The summed E-state index contributed by atoms with van der Waals surface area (Å²) in [4.78, 5) is 8.42. The Kier molecular flexibility index (Phi) is 10.1. The van der Waals surface area contributed by atoms with Crippen molar-refractivity contribution in [1.82, 2.24) is 9.80 Å². The summed E-state index contributed by atoms with van der Waals surface area (Å²) in [5.41, 5.74) is 0.817. The third-order valence-corrected chi connectivity index (χ3v) is 4.17. The molecule has 3 heteroatoms. The van der Waals surface area contributed by atoms with Crippen LogP contribution < -0.4 is 0 Å². The lowest BCUT2D eigenvalue weighted by molar-refractivity contribution is 0.237. The van der Waals surface area contributed by atoms with Crippen LogP contribution in [-0.4, -0.2) is 42.9 Å². The fourth-order valence-corrected chi connectivity index (χ4v) is 2.95. The number of allylic oxidation sites excluding steroid dienone is 1. The van der Waals surface area contributed by atoms with Gasteiger partial charge < -0.3 is 9.80 Å². The molecular weight excluding hydrogens is 270 g/mol. The summed E-state index contributed by atoms with van der Waals surface area (Å²) in [5, 5.41) is 0. The van der Waals surface area contributed by atoms with Gasteiger partial charge in [-0.3, -0.25) is 4.99 Å². The number of terminal acetylenes is 1. The van der Waals surface area contributed by atoms with Gasteiger partial charge in [0.15, 0.2) is 0 Å². The first kappa shape index (κ1) is 20.3. The van der Waals surface area contributed by atoms with E-state index < -0.39 is 0 Å². The molecule has 0 spiro atoms. The zero-order valence-corrected chi connectivity index (χ0v) is 15.1. The Labute approximate surface area is 137 Å². The minimum atomic E-state index is 0.0917. The lowest BCUT2D eigenvalue weighted by Gasteiger charge is -2.37. The van der Waals surface area contributed by atoms with Crippen LogP contribution in [0, 0.1) is 18.3 Å². The van der Waals surface area contributed by atoms with Crippen molar-refractivity contribution in [2.45, 2.75) is 52.0 Å². The van der Waals surface area contributed by atoms with Gasteiger partial charge in [0.1, 0.15) is 0 Å². The van der Waals surface area contributed by atoms with Gasteiger partial charge in [-0.1, -0.05) is 52.2 Å². The Balaban J connectivity index is 0.00000211. The van der Waals surface area contributed by atoms with Gasteiger partial charge in [-0.15, -0.1) is 6.42 Å². The molecule has 0 saturated heterocycles. The van der Waals surface area contributed by atoms with E-state index in [1.54, 1.807) is 13.1 Å². The summed E-state index contributed by atoms with van der Waals surface area (Å²) in [6, 6.07) is 0.0917. The fraction of sp³-hybridized carbons (Fsp3) is 0.632. The standard InChI is InChI=1S/C17H27N3.C2H6/c1-7-14(3)19(5)17(18-4)20(6)16(8-2)15-12-10-9-11-13-15;1-2/h2,7,15-16H,1,3,9-13H2,4-6H3;1-2H3. The van der Waals surface area contributed by atoms with Gasteiger partial charge in [-0.05, 0) is 24.8 Å². The first-order chi connectivity index (χ1) is 10.6. The average Bonchev–Trinajstić information content (AvgIpc) is 2.58. The Morgan fingerprint density at radius 1 is 1.27 bits per heavy atom. The zero-order chi connectivity index (χ0) is 17.1. The van der Waals surface area contributed by atoms with E-state index in [4.69, 9.17) is 6.42 Å². The van der Waals surface area contributed by atoms with Crippen molar-refractivity contribution in [3.8, 4) is 12.3 Å². The zero-order valence-electron chi connectivity index (χ0n) is 15.1. The molecule has 1 aliphatic rings. The molecule has 1 unspecified atom stereocenters. The molecule has 0 aromatic rings. The average molecular weight is 303 g/mol. The van der Waals surface area contributed by atoms with E-state index in [-0.39, 0.29) is 6.04 Å². The van der Waals surface area contributed by atoms with Crippen LogP contribution in [0.3, 0.4) is 0 Å². The minimum Gasteiger partial charge on any atom is -0.331 e. The van der Waals surface area contributed by atoms with Gasteiger partial charge in [-0.25, -0.2) is 0 Å². The maximum Gasteiger partial charge on any atom is 0.201 e. The maximum absolute atomic E-state index is 5.80. The molecule has 1 rings (SSSR count). The molecule has 0 aromatic carbocycles. The SMILES string of the molecule is C#CC(C1CCCCC1)N(C)C(=NC)N(C)C(=C)C=C.CC. The topological polar surface area (TPSA) is 18.8 Å². The van der Waals surface area contributed by atoms with Gasteiger partial charge in [0.25, 0.3) is 0 Å². The number of guanidine groups is 1. The van der Waals surface area contributed by atoms with Crippen LogP contribution in [-0.2, 0) is 0 Å². The van der Waals surface area contributed by atoms with Gasteiger partial charge in [0, 0.05) is 26.8 Å². The molecule has 1 aliphatic carbocycles. The molecule has 3 nitrogen and oxygen atoms in total. The highest BCUT2D eigenvalue weighted by Gasteiger charge is 2.28. The molecule has 0 heterocycles. The van der Waals surface area contributed by atoms with Crippen LogP contribution in [0.4, 0.5) is 0 Å². The quantitative estimate of drug-likeness (QED) is 0.336. The van der Waals surface area contributed by atoms with Crippen LogP contribution in [0.15, 0.2) is 29.9 Å². The summed E-state index contributed by atoms with van der Waals surface area (Å²) in [6.07, 6.45) is 13.8. The Hall–Kier alpha value is -1.69. The number of nitrogens with zero attached hydrogens (tertiary/aromatic N) is 3. The molecule has 0 N–H and O–H groups in total. The largest absolute Gasteiger partial charge is 0.331 e. The molecule has 0 aliphatic heterocycles. The van der Waals surface area contributed by atoms with Crippen molar-refractivity contribution in [2.75, 3.05) is 21.1 Å². The van der Waals surface area contributed by atoms with Crippen LogP contribution >= 0.6 is 0 Å². The second-order valence-electron chi connectivity index (χ2n) is 5.40. The summed E-state index contributed by atoms with van der Waals surface area (Å²) < 4.78 is 0. The van der Waals surface area contributed by atoms with E-state index in [1.807, 2.05) is 32.8 Å². The molecule has 124 valence electrons. The van der Waals surface area contributed by atoms with Gasteiger partial charge in [-0.2, -0.15) is 0 Å². The lowest BCUT2D eigenvalue weighted by Crippen LogP contribution is -2.47. The third-order valence-electron chi connectivity index (χ3n) is 4.17. The number of hydrogen-bond donors (Lipinski definition) is 0. The minimum absolute atomic E-state index is 0.0917. The molecule has 0 bridgehead atoms. The second kappa shape index (κ2) is 11.0. The van der Waals surface area contributed by atoms with Crippen molar-refractivity contribution in [1.29, 1.82) is 0 Å². The van der Waals surface area contributed by atoms with Crippen molar-refractivity contribution in [3.05, 3.63) is 24.9 Å². The fourth-order valence-electron chi connectivity index (χ4n) is 2.95. The van der Waals surface area contributed by atoms with Gasteiger partial charge >= 0.3 is 0 Å². The first-order valence-electron chi connectivity index (χ1n) is 8.27. The van der Waals surface area contributed by atoms with Crippen molar-refractivity contribution in [2.24, 2.45) is 10.9 Å². The van der Waals surface area contributed by atoms with Gasteiger partial charge in [0.2, 0.25) is 5.96 Å². The van der Waals surface area contributed by atoms with E-state index >= 15 is 0 Å². The molecule has 1 fully saturated rings. The molecular formula is C19H33N3. The van der Waals surface area contributed by atoms with Crippen LogP contribution in [0.1, 0.15) is 46.0 Å². The summed E-state index contributed by atoms with van der Waals surface area (Å²) >= 11 is 0. The number of rotatable bonds is 4. The Morgan fingerprint density at radius 3 is 2.23 bits per heavy atom. The van der Waals surface area contributed by atoms with E-state index in [0.717, 1.165) is 11.7 Å². The number of likely N-dealkylation sites (N-methyl/N-ethyl adjacent to an activating group) is 1. The van der Waals surface area contributed by atoms with Crippen LogP contribution in [0.5, 0.6) is 0 Å². The highest BCUT2D eigenvalue weighted by Crippen LogP contribution is 2.29. The smallest absolute Gasteiger partial charge is 0.201 e. The Bertz CT molecular complexity index is 411. The predicted molar refractivity (Wildman–Crippen MR) is 98.8 cm³/mol. The summed E-state index contributed by atoms with van der Waals surface area (Å²) in [5.74, 6) is 4.35. The van der Waals surface area contributed by atoms with Crippen LogP contribution in [0.2, 0.25) is 0 Å². The summed E-state index contributed by atoms with van der Waals surface area (Å²) in [6.45, 7) is 11.7. The highest BCUT2D eigenvalue weighted by molar-refractivity contribution is 5.82. The monoisotopic (exact) mass is 303 g/mol. The van der Waals surface area contributed by atoms with Crippen molar-refractivity contribution >= 4 is 5.96 Å². The van der Waals surface area contributed by atoms with Gasteiger partial charge in [0.05, 0.1) is 6.04 Å². The molecule has 1 saturated carbocycles. The number of hydrogen-bond acceptors (Lipinski definition) is 1. The molecule has 0 aromatic heterocycles. The van der Waals surface area contributed by atoms with Crippen molar-refractivity contribution < 1.29 is 0 Å². The molecule has 22 heavy (non-hydrogen) atoms. The van der Waals surface area contributed by atoms with E-state index in [1.165, 1.54) is 32.1 Å². The molecule has 1 atom stereocenters. The summed E-state index contributed by atoms with van der Waals surface area (Å²) in [7, 11) is 5.75. The molecule has 0 amide bonds. The first-order valence-corrected chi connectivity index (χ1v) is 8.27. The predicted octanol–water partition coefficient (Wildman–Crippen LogP) is 4.14. The van der Waals surface area contributed by atoms with E-state index in [9.17, 15) is 0 Å². The second-order valence-corrected chi connectivity index (χ2v) is 5.40. The van der Waals surface area contributed by atoms with Crippen molar-refractivity contribution in [3.63, 3.8) is 0 Å². The Morgan fingerprint density at radius 2 is 1.82 bits per heavy atom. The highest BCUT2D eigenvalue weighted by atomic mass is 15.4. The normalized spacial score (nSPS) is 16.6. The maximum atomic E-state index is 5.80. The third kappa shape index (κ3) is 5.26. The van der Waals surface area contributed by atoms with E-state index in [2.05, 4.69) is 29.0 Å².